The highest BCUT2D eigenvalue weighted by Gasteiger charge is 2.52. The number of allylic oxidation sites excluding steroid dienone is 3. The number of hydrogen-bond acceptors (Lipinski definition) is 4. The van der Waals surface area contributed by atoms with Gasteiger partial charge >= 0.3 is 7.12 Å². The van der Waals surface area contributed by atoms with Crippen LogP contribution in [0.25, 0.3) is 0 Å². The van der Waals surface area contributed by atoms with Crippen LogP contribution in [0, 0.1) is 0 Å². The molecule has 0 saturated carbocycles. The molecular weight excluding hydrogens is 301 g/mol. The lowest BCUT2D eigenvalue weighted by Crippen LogP contribution is -2.41. The molecule has 0 radical (unpaired) electrons. The van der Waals surface area contributed by atoms with Gasteiger partial charge in [0.1, 0.15) is 0 Å². The highest BCUT2D eigenvalue weighted by atomic mass is 16.7. The molecule has 0 aromatic carbocycles. The van der Waals surface area contributed by atoms with Crippen molar-refractivity contribution in [3.8, 4) is 0 Å². The minimum atomic E-state index is -0.279. The maximum absolute atomic E-state index is 8.06. The van der Waals surface area contributed by atoms with Crippen LogP contribution in [-0.2, 0) is 9.31 Å². The standard InChI is InChI=1S/C14H26BNO2.C3H8O.C2H4/c1-7-8-9-10-12(11-16-6)15-17-13(2,3)14(4,5)18-15;1-3(2)4;1-2/h8-10,16H,7,11H2,1-6H3;3-4H,1-2H3;1-2H2/b9-8-,12-10+;;. The van der Waals surface area contributed by atoms with Crippen LogP contribution in [0.15, 0.2) is 36.9 Å². The second-order valence-electron chi connectivity index (χ2n) is 6.79. The molecule has 1 rings (SSSR count). The van der Waals surface area contributed by atoms with E-state index in [1.54, 1.807) is 13.8 Å². The van der Waals surface area contributed by atoms with E-state index in [0.29, 0.717) is 0 Å². The lowest BCUT2D eigenvalue weighted by atomic mass is 9.77. The molecule has 0 spiro atoms. The lowest BCUT2D eigenvalue weighted by Gasteiger charge is -2.32. The smallest absolute Gasteiger partial charge is 0.400 e. The van der Waals surface area contributed by atoms with E-state index in [2.05, 4.69) is 71.3 Å². The molecule has 140 valence electrons. The van der Waals surface area contributed by atoms with E-state index in [-0.39, 0.29) is 24.4 Å². The molecule has 1 aliphatic heterocycles. The first-order chi connectivity index (χ1) is 11.1. The summed E-state index contributed by atoms with van der Waals surface area (Å²) in [7, 11) is 1.67. The van der Waals surface area contributed by atoms with E-state index in [1.165, 1.54) is 0 Å². The first kappa shape index (κ1) is 25.4. The molecular formula is C19H38BNO3. The third-order valence-electron chi connectivity index (χ3n) is 3.62. The van der Waals surface area contributed by atoms with Crippen LogP contribution in [0.2, 0.25) is 0 Å². The van der Waals surface area contributed by atoms with Gasteiger partial charge in [-0.1, -0.05) is 25.2 Å². The van der Waals surface area contributed by atoms with Crippen molar-refractivity contribution in [2.45, 2.75) is 72.2 Å². The number of nitrogens with one attached hydrogen (secondary N) is 1. The molecule has 0 aliphatic carbocycles. The Labute approximate surface area is 150 Å². The summed E-state index contributed by atoms with van der Waals surface area (Å²) in [6, 6.07) is 0. The van der Waals surface area contributed by atoms with Gasteiger partial charge in [0, 0.05) is 12.6 Å². The molecule has 0 atom stereocenters. The summed E-state index contributed by atoms with van der Waals surface area (Å²) in [5.41, 5.74) is 0.568. The van der Waals surface area contributed by atoms with Crippen molar-refractivity contribution in [3.05, 3.63) is 36.9 Å². The van der Waals surface area contributed by atoms with Gasteiger partial charge in [-0.3, -0.25) is 0 Å². The second kappa shape index (κ2) is 12.5. The van der Waals surface area contributed by atoms with E-state index in [0.717, 1.165) is 18.4 Å². The van der Waals surface area contributed by atoms with Crippen molar-refractivity contribution in [1.29, 1.82) is 0 Å². The van der Waals surface area contributed by atoms with E-state index in [4.69, 9.17) is 14.4 Å². The molecule has 4 nitrogen and oxygen atoms in total. The van der Waals surface area contributed by atoms with Crippen molar-refractivity contribution in [1.82, 2.24) is 5.32 Å². The molecule has 1 heterocycles. The Hall–Kier alpha value is -0.875. The minimum Gasteiger partial charge on any atom is -0.400 e. The molecule has 2 N–H and O–H groups in total. The number of aliphatic hydroxyl groups is 1. The zero-order chi connectivity index (χ0) is 19.4. The summed E-state index contributed by atoms with van der Waals surface area (Å²) < 4.78 is 12.1. The van der Waals surface area contributed by atoms with Gasteiger partial charge in [-0.15, -0.1) is 13.2 Å². The first-order valence-electron chi connectivity index (χ1n) is 8.61. The van der Waals surface area contributed by atoms with Gasteiger partial charge in [-0.25, -0.2) is 0 Å². The molecule has 0 aromatic heterocycles. The molecule has 1 aliphatic rings. The molecule has 0 aromatic rings. The summed E-state index contributed by atoms with van der Waals surface area (Å²) in [4.78, 5) is 0. The van der Waals surface area contributed by atoms with E-state index < -0.39 is 0 Å². The first-order valence-corrected chi connectivity index (χ1v) is 8.61. The van der Waals surface area contributed by atoms with Crippen molar-refractivity contribution >= 4 is 7.12 Å². The van der Waals surface area contributed by atoms with Crippen molar-refractivity contribution < 1.29 is 14.4 Å². The van der Waals surface area contributed by atoms with Crippen LogP contribution in [0.5, 0.6) is 0 Å². The van der Waals surface area contributed by atoms with Gasteiger partial charge in [-0.2, -0.15) is 0 Å². The van der Waals surface area contributed by atoms with Crippen molar-refractivity contribution in [2.75, 3.05) is 13.6 Å². The average Bonchev–Trinajstić information content (AvgIpc) is 2.68. The number of likely N-dealkylation sites (N-methyl/N-ethyl adjacent to an activating group) is 1. The quantitative estimate of drug-likeness (QED) is 0.453. The molecule has 0 unspecified atom stereocenters. The normalized spacial score (nSPS) is 18.9. The van der Waals surface area contributed by atoms with Gasteiger partial charge < -0.3 is 19.7 Å². The van der Waals surface area contributed by atoms with Crippen molar-refractivity contribution in [2.24, 2.45) is 0 Å². The van der Waals surface area contributed by atoms with Crippen LogP contribution in [0.3, 0.4) is 0 Å². The van der Waals surface area contributed by atoms with Gasteiger partial charge in [0.25, 0.3) is 0 Å². The molecule has 1 fully saturated rings. The Bertz CT molecular complexity index is 371. The van der Waals surface area contributed by atoms with Crippen LogP contribution >= 0.6 is 0 Å². The minimum absolute atomic E-state index is 0.167. The number of aliphatic hydroxyl groups excluding tert-OH is 1. The Balaban J connectivity index is 0. The van der Waals surface area contributed by atoms with Crippen LogP contribution in [-0.4, -0.2) is 43.1 Å². The van der Waals surface area contributed by atoms with Crippen molar-refractivity contribution in [3.63, 3.8) is 0 Å². The second-order valence-corrected chi connectivity index (χ2v) is 6.79. The number of rotatable bonds is 5. The lowest BCUT2D eigenvalue weighted by molar-refractivity contribution is 0.00578. The Morgan fingerprint density at radius 3 is 1.92 bits per heavy atom. The third-order valence-corrected chi connectivity index (χ3v) is 3.62. The fraction of sp³-hybridized carbons (Fsp3) is 0.684. The summed E-state index contributed by atoms with van der Waals surface area (Å²) in [6.45, 7) is 20.6. The monoisotopic (exact) mass is 339 g/mol. The third kappa shape index (κ3) is 9.43. The maximum Gasteiger partial charge on any atom is 0.491 e. The van der Waals surface area contributed by atoms with Crippen LogP contribution in [0.4, 0.5) is 0 Å². The summed E-state index contributed by atoms with van der Waals surface area (Å²) in [6.07, 6.45) is 7.15. The van der Waals surface area contributed by atoms with Gasteiger partial charge in [0.2, 0.25) is 0 Å². The fourth-order valence-electron chi connectivity index (χ4n) is 1.75. The molecule has 24 heavy (non-hydrogen) atoms. The zero-order valence-corrected chi connectivity index (χ0v) is 17.0. The number of hydrogen-bond donors (Lipinski definition) is 2. The average molecular weight is 339 g/mol. The largest absolute Gasteiger partial charge is 0.491 e. The predicted octanol–water partition coefficient (Wildman–Crippen LogP) is 3.92. The van der Waals surface area contributed by atoms with Gasteiger partial charge in [0.15, 0.2) is 0 Å². The Morgan fingerprint density at radius 2 is 1.58 bits per heavy atom. The van der Waals surface area contributed by atoms with E-state index in [9.17, 15) is 0 Å². The molecule has 5 heteroatoms. The van der Waals surface area contributed by atoms with E-state index in [1.807, 2.05) is 7.05 Å². The fourth-order valence-corrected chi connectivity index (χ4v) is 1.75. The maximum atomic E-state index is 8.06. The molecule has 1 saturated heterocycles. The SMILES string of the molecule is C=C.CC(C)O.CC/C=C\C=C(/CNC)B1OC(C)(C)C(C)(C)O1. The Kier molecular flexibility index (Phi) is 13.2. The predicted molar refractivity (Wildman–Crippen MR) is 106 cm³/mol. The highest BCUT2D eigenvalue weighted by Crippen LogP contribution is 2.38. The van der Waals surface area contributed by atoms with E-state index >= 15 is 0 Å². The molecule has 0 amide bonds. The van der Waals surface area contributed by atoms with Crippen LogP contribution in [0.1, 0.15) is 54.9 Å². The highest BCUT2D eigenvalue weighted by molar-refractivity contribution is 6.54. The van der Waals surface area contributed by atoms with Gasteiger partial charge in [-0.05, 0) is 60.5 Å². The topological polar surface area (TPSA) is 50.7 Å². The zero-order valence-electron chi connectivity index (χ0n) is 17.0. The summed E-state index contributed by atoms with van der Waals surface area (Å²) in [5.74, 6) is 0. The Morgan fingerprint density at radius 1 is 1.17 bits per heavy atom. The van der Waals surface area contributed by atoms with Crippen LogP contribution < -0.4 is 5.32 Å². The summed E-state index contributed by atoms with van der Waals surface area (Å²) in [5, 5.41) is 11.2. The molecule has 0 bridgehead atoms. The van der Waals surface area contributed by atoms with Gasteiger partial charge in [0.05, 0.1) is 11.2 Å². The summed E-state index contributed by atoms with van der Waals surface area (Å²) >= 11 is 0.